The van der Waals surface area contributed by atoms with E-state index >= 15 is 0 Å². The lowest BCUT2D eigenvalue weighted by molar-refractivity contribution is 0.262. The second-order valence-corrected chi connectivity index (χ2v) is 6.69. The van der Waals surface area contributed by atoms with Crippen molar-refractivity contribution in [2.24, 2.45) is 21.7 Å². The van der Waals surface area contributed by atoms with Crippen LogP contribution < -0.4 is 22.1 Å². The first-order chi connectivity index (χ1) is 14.9. The molecule has 0 unspecified atom stereocenters. The first kappa shape index (κ1) is 21.3. The highest BCUT2D eigenvalue weighted by molar-refractivity contribution is 6.11. The zero-order valence-electron chi connectivity index (χ0n) is 17.0. The first-order valence-corrected chi connectivity index (χ1v) is 9.48. The Morgan fingerprint density at radius 1 is 0.742 bits per heavy atom. The third-order valence-corrected chi connectivity index (χ3v) is 4.37. The number of rotatable bonds is 6. The molecule has 0 aliphatic carbocycles. The fraction of sp³-hybridized carbons (Fsp3) is 0.0435. The van der Waals surface area contributed by atoms with Crippen LogP contribution in [0.15, 0.2) is 89.1 Å². The molecule has 0 bridgehead atoms. The zero-order chi connectivity index (χ0) is 22.2. The quantitative estimate of drug-likeness (QED) is 0.239. The lowest BCUT2D eigenvalue weighted by atomic mass is 10.0. The summed E-state index contributed by atoms with van der Waals surface area (Å²) in [5.41, 5.74) is 15.3. The maximum Gasteiger partial charge on any atom is 0.323 e. The summed E-state index contributed by atoms with van der Waals surface area (Å²) in [6.45, 7) is 1.78. The number of nitrogens with zero attached hydrogens (tertiary/aromatic N) is 2. The molecule has 0 saturated carbocycles. The molecular weight excluding hydrogens is 390 g/mol. The van der Waals surface area contributed by atoms with E-state index in [4.69, 9.17) is 16.9 Å². The zero-order valence-corrected chi connectivity index (χ0v) is 17.0. The van der Waals surface area contributed by atoms with E-state index in [0.29, 0.717) is 22.8 Å². The lowest BCUT2D eigenvalue weighted by Crippen LogP contribution is -2.22. The van der Waals surface area contributed by atoms with Gasteiger partial charge in [-0.05, 0) is 42.3 Å². The molecule has 2 amide bonds. The number of hydrogen-bond acceptors (Lipinski definition) is 4. The summed E-state index contributed by atoms with van der Waals surface area (Å²) in [5, 5.41) is 21.4. The highest BCUT2D eigenvalue weighted by atomic mass is 16.2. The van der Waals surface area contributed by atoms with Crippen molar-refractivity contribution >= 4 is 34.8 Å². The minimum Gasteiger partial charge on any atom is -0.369 e. The van der Waals surface area contributed by atoms with E-state index < -0.39 is 0 Å². The number of urea groups is 1. The standard InChI is InChI=1S/C23H23N7O/c1-15(29-30-22(25)26)16-7-11-19(12-8-16)27-23(31)28-20-13-9-18(10-14-20)21(24)17-5-3-2-4-6-17/h2-14,24H,1H3,(H4,25,26,30)(H2,27,28,31)/b24-21?,29-15+. The Morgan fingerprint density at radius 3 is 1.74 bits per heavy atom. The number of nitrogens with one attached hydrogen (secondary N) is 3. The lowest BCUT2D eigenvalue weighted by Gasteiger charge is -2.10. The molecule has 0 aliphatic heterocycles. The monoisotopic (exact) mass is 413 g/mol. The average Bonchev–Trinajstić information content (AvgIpc) is 2.78. The average molecular weight is 413 g/mol. The van der Waals surface area contributed by atoms with Crippen LogP contribution in [0.25, 0.3) is 0 Å². The third-order valence-electron chi connectivity index (χ3n) is 4.37. The van der Waals surface area contributed by atoms with Gasteiger partial charge in [0.15, 0.2) is 0 Å². The number of amides is 2. The van der Waals surface area contributed by atoms with Crippen LogP contribution in [0.2, 0.25) is 0 Å². The number of carbonyl (C=O) groups is 1. The van der Waals surface area contributed by atoms with Gasteiger partial charge < -0.3 is 22.1 Å². The van der Waals surface area contributed by atoms with Gasteiger partial charge in [0.05, 0.1) is 11.4 Å². The van der Waals surface area contributed by atoms with Crippen LogP contribution in [0.3, 0.4) is 0 Å². The molecule has 0 fully saturated rings. The molecule has 3 aromatic rings. The molecule has 0 aromatic heterocycles. The topological polar surface area (TPSA) is 142 Å². The van der Waals surface area contributed by atoms with Gasteiger partial charge in [0.2, 0.25) is 5.96 Å². The predicted octanol–water partition coefficient (Wildman–Crippen LogP) is 3.74. The number of benzene rings is 3. The minimum absolute atomic E-state index is 0.112. The van der Waals surface area contributed by atoms with Crippen LogP contribution >= 0.6 is 0 Å². The molecule has 31 heavy (non-hydrogen) atoms. The van der Waals surface area contributed by atoms with Crippen molar-refractivity contribution in [1.29, 1.82) is 5.41 Å². The Bertz CT molecular complexity index is 1110. The molecule has 0 radical (unpaired) electrons. The van der Waals surface area contributed by atoms with Crippen LogP contribution in [-0.4, -0.2) is 23.4 Å². The first-order valence-electron chi connectivity index (χ1n) is 9.48. The van der Waals surface area contributed by atoms with E-state index in [-0.39, 0.29) is 12.0 Å². The second-order valence-electron chi connectivity index (χ2n) is 6.69. The fourth-order valence-corrected chi connectivity index (χ4v) is 2.77. The van der Waals surface area contributed by atoms with Crippen molar-refractivity contribution in [3.63, 3.8) is 0 Å². The maximum absolute atomic E-state index is 12.3. The molecule has 0 spiro atoms. The molecule has 0 atom stereocenters. The van der Waals surface area contributed by atoms with E-state index in [9.17, 15) is 4.79 Å². The van der Waals surface area contributed by atoms with Crippen molar-refractivity contribution in [2.45, 2.75) is 6.92 Å². The molecule has 7 N–H and O–H groups in total. The van der Waals surface area contributed by atoms with Crippen molar-refractivity contribution in [1.82, 2.24) is 0 Å². The van der Waals surface area contributed by atoms with Crippen molar-refractivity contribution in [3.8, 4) is 0 Å². The van der Waals surface area contributed by atoms with Gasteiger partial charge in [0.1, 0.15) is 0 Å². The van der Waals surface area contributed by atoms with Crippen molar-refractivity contribution in [2.75, 3.05) is 10.6 Å². The summed E-state index contributed by atoms with van der Waals surface area (Å²) < 4.78 is 0. The number of hydrogen-bond donors (Lipinski definition) is 5. The number of anilines is 2. The summed E-state index contributed by atoms with van der Waals surface area (Å²) in [6, 6.07) is 23.4. The van der Waals surface area contributed by atoms with Gasteiger partial charge >= 0.3 is 6.03 Å². The fourth-order valence-electron chi connectivity index (χ4n) is 2.77. The molecule has 3 aromatic carbocycles. The highest BCUT2D eigenvalue weighted by Crippen LogP contribution is 2.15. The van der Waals surface area contributed by atoms with Gasteiger partial charge in [0.25, 0.3) is 0 Å². The summed E-state index contributed by atoms with van der Waals surface area (Å²) in [4.78, 5) is 12.3. The van der Waals surface area contributed by atoms with E-state index in [1.165, 1.54) is 0 Å². The van der Waals surface area contributed by atoms with Crippen LogP contribution in [0, 0.1) is 5.41 Å². The SMILES string of the molecule is C/C(=N\N=C(N)N)c1ccc(NC(=O)Nc2ccc(C(=N)c3ccccc3)cc2)cc1. The van der Waals surface area contributed by atoms with Gasteiger partial charge in [-0.15, -0.1) is 5.10 Å². The van der Waals surface area contributed by atoms with Gasteiger partial charge in [-0.1, -0.05) is 54.6 Å². The van der Waals surface area contributed by atoms with Crippen LogP contribution in [0.4, 0.5) is 16.2 Å². The van der Waals surface area contributed by atoms with Crippen molar-refractivity contribution < 1.29 is 4.79 Å². The number of guanidine groups is 1. The minimum atomic E-state index is -0.371. The number of carbonyl (C=O) groups excluding carboxylic acids is 1. The highest BCUT2D eigenvalue weighted by Gasteiger charge is 2.07. The Hall–Kier alpha value is -4.46. The molecule has 0 heterocycles. The second kappa shape index (κ2) is 9.84. The summed E-state index contributed by atoms with van der Waals surface area (Å²) in [7, 11) is 0. The molecular formula is C23H23N7O. The Balaban J connectivity index is 1.59. The Morgan fingerprint density at radius 2 is 1.23 bits per heavy atom. The van der Waals surface area contributed by atoms with E-state index in [2.05, 4.69) is 20.8 Å². The summed E-state index contributed by atoms with van der Waals surface area (Å²) in [5.74, 6) is -0.112. The molecule has 0 aliphatic rings. The molecule has 3 rings (SSSR count). The normalized spacial score (nSPS) is 10.8. The van der Waals surface area contributed by atoms with E-state index in [1.807, 2.05) is 30.3 Å². The Kier molecular flexibility index (Phi) is 6.74. The molecule has 8 heteroatoms. The predicted molar refractivity (Wildman–Crippen MR) is 126 cm³/mol. The van der Waals surface area contributed by atoms with E-state index in [1.54, 1.807) is 55.5 Å². The van der Waals surface area contributed by atoms with Crippen LogP contribution in [0.1, 0.15) is 23.6 Å². The summed E-state index contributed by atoms with van der Waals surface area (Å²) >= 11 is 0. The van der Waals surface area contributed by atoms with Gasteiger partial charge in [0, 0.05) is 16.9 Å². The third kappa shape index (κ3) is 6.01. The Labute approximate surface area is 180 Å². The molecule has 0 saturated heterocycles. The number of nitrogens with two attached hydrogens (primary N) is 2. The van der Waals surface area contributed by atoms with Crippen LogP contribution in [0.5, 0.6) is 0 Å². The van der Waals surface area contributed by atoms with Crippen LogP contribution in [-0.2, 0) is 0 Å². The van der Waals surface area contributed by atoms with Gasteiger partial charge in [-0.25, -0.2) is 4.79 Å². The smallest absolute Gasteiger partial charge is 0.323 e. The van der Waals surface area contributed by atoms with Gasteiger partial charge in [-0.2, -0.15) is 5.10 Å². The van der Waals surface area contributed by atoms with Crippen molar-refractivity contribution in [3.05, 3.63) is 95.6 Å². The molecule has 156 valence electrons. The van der Waals surface area contributed by atoms with E-state index in [0.717, 1.165) is 16.7 Å². The summed E-state index contributed by atoms with van der Waals surface area (Å²) in [6.07, 6.45) is 0. The van der Waals surface area contributed by atoms with Gasteiger partial charge in [-0.3, -0.25) is 5.41 Å². The largest absolute Gasteiger partial charge is 0.369 e. The maximum atomic E-state index is 12.3. The molecule has 8 nitrogen and oxygen atoms in total.